The van der Waals surface area contributed by atoms with Gasteiger partial charge >= 0.3 is 5.97 Å². The van der Waals surface area contributed by atoms with E-state index in [2.05, 4.69) is 15.2 Å². The molecule has 1 aromatic carbocycles. The van der Waals surface area contributed by atoms with Crippen molar-refractivity contribution in [2.24, 2.45) is 0 Å². The second-order valence-electron chi connectivity index (χ2n) is 7.93. The first-order chi connectivity index (χ1) is 16.4. The Morgan fingerprint density at radius 1 is 1.09 bits per heavy atom. The number of carboxylic acids is 1. The first kappa shape index (κ1) is 23.2. The Kier molecular flexibility index (Phi) is 7.07. The maximum Gasteiger partial charge on any atom is 0.305 e. The summed E-state index contributed by atoms with van der Waals surface area (Å²) in [5.74, 6) is -1.42. The number of nitrogens with one attached hydrogen (secondary N) is 1. The topological polar surface area (TPSA) is 129 Å². The number of aromatic nitrogens is 1. The summed E-state index contributed by atoms with van der Waals surface area (Å²) < 4.78 is 0. The zero-order valence-electron chi connectivity index (χ0n) is 18.4. The first-order valence-electron chi connectivity index (χ1n) is 10.8. The highest BCUT2D eigenvalue weighted by Crippen LogP contribution is 2.27. The smallest absolute Gasteiger partial charge is 0.305 e. The number of nitrogens with zero attached hydrogens (tertiary/aromatic N) is 3. The van der Waals surface area contributed by atoms with E-state index in [9.17, 15) is 19.5 Å². The predicted octanol–water partition coefficient (Wildman–Crippen LogP) is 2.63. The molecule has 9 nitrogen and oxygen atoms in total. The highest BCUT2D eigenvalue weighted by atomic mass is 32.1. The minimum atomic E-state index is -0.991. The number of hydrogen-bond donors (Lipinski definition) is 3. The summed E-state index contributed by atoms with van der Waals surface area (Å²) in [6.45, 7) is 2.32. The molecule has 0 saturated carbocycles. The third-order valence-corrected chi connectivity index (χ3v) is 6.66. The van der Waals surface area contributed by atoms with Crippen LogP contribution in [0.15, 0.2) is 60.2 Å². The van der Waals surface area contributed by atoms with Crippen molar-refractivity contribution < 1.29 is 19.5 Å². The molecule has 0 spiro atoms. The number of piperazine rings is 1. The van der Waals surface area contributed by atoms with Crippen molar-refractivity contribution in [2.75, 3.05) is 36.8 Å². The average Bonchev–Trinajstić information content (AvgIpc) is 3.39. The van der Waals surface area contributed by atoms with Crippen LogP contribution in [0.25, 0.3) is 0 Å². The van der Waals surface area contributed by atoms with E-state index in [-0.39, 0.29) is 18.2 Å². The Labute approximate surface area is 200 Å². The summed E-state index contributed by atoms with van der Waals surface area (Å²) in [6.07, 6.45) is 2.99. The summed E-state index contributed by atoms with van der Waals surface area (Å²) in [7, 11) is 0. The maximum absolute atomic E-state index is 12.8. The van der Waals surface area contributed by atoms with Crippen molar-refractivity contribution in [2.45, 2.75) is 12.5 Å². The molecule has 176 valence electrons. The van der Waals surface area contributed by atoms with Crippen LogP contribution in [0.3, 0.4) is 0 Å². The van der Waals surface area contributed by atoms with Crippen LogP contribution in [0.1, 0.15) is 38.1 Å². The molecule has 1 fully saturated rings. The lowest BCUT2D eigenvalue weighted by Gasteiger charge is -2.36. The van der Waals surface area contributed by atoms with Crippen LogP contribution < -0.4 is 16.0 Å². The van der Waals surface area contributed by atoms with E-state index in [1.807, 2.05) is 11.4 Å². The highest BCUT2D eigenvalue weighted by molar-refractivity contribution is 7.10. The van der Waals surface area contributed by atoms with E-state index in [0.29, 0.717) is 43.0 Å². The number of anilines is 2. The maximum atomic E-state index is 12.8. The van der Waals surface area contributed by atoms with Crippen LogP contribution in [0.5, 0.6) is 0 Å². The molecule has 3 heterocycles. The Bertz CT molecular complexity index is 1160. The Balaban J connectivity index is 1.40. The minimum absolute atomic E-state index is 0.0469. The molecule has 10 heteroatoms. The number of aliphatic carboxylic acids is 1. The highest BCUT2D eigenvalue weighted by Gasteiger charge is 2.24. The number of benzene rings is 1. The van der Waals surface area contributed by atoms with Gasteiger partial charge in [0.2, 0.25) is 0 Å². The summed E-state index contributed by atoms with van der Waals surface area (Å²) >= 11 is 1.39. The molecule has 1 atom stereocenters. The molecule has 0 radical (unpaired) electrons. The monoisotopic (exact) mass is 479 g/mol. The van der Waals surface area contributed by atoms with Gasteiger partial charge in [-0.1, -0.05) is 6.07 Å². The zero-order valence-corrected chi connectivity index (χ0v) is 19.2. The molecule has 2 aromatic heterocycles. The molecule has 3 aromatic rings. The van der Waals surface area contributed by atoms with Crippen LogP contribution in [0.2, 0.25) is 0 Å². The molecule has 1 aliphatic heterocycles. The zero-order chi connectivity index (χ0) is 24.1. The average molecular weight is 480 g/mol. The lowest BCUT2D eigenvalue weighted by Crippen LogP contribution is -2.49. The summed E-state index contributed by atoms with van der Waals surface area (Å²) in [5.41, 5.74) is 8.45. The van der Waals surface area contributed by atoms with E-state index < -0.39 is 12.0 Å². The third-order valence-electron chi connectivity index (χ3n) is 5.68. The Hall–Kier alpha value is -3.92. The second kappa shape index (κ2) is 10.3. The number of amides is 2. The lowest BCUT2D eigenvalue weighted by atomic mass is 10.1. The fourth-order valence-corrected chi connectivity index (χ4v) is 4.71. The molecule has 4 N–H and O–H groups in total. The van der Waals surface area contributed by atoms with Crippen molar-refractivity contribution in [3.63, 3.8) is 0 Å². The van der Waals surface area contributed by atoms with E-state index in [1.54, 1.807) is 53.7 Å². The molecule has 34 heavy (non-hydrogen) atoms. The van der Waals surface area contributed by atoms with Crippen molar-refractivity contribution in [1.29, 1.82) is 0 Å². The largest absolute Gasteiger partial charge is 0.481 e. The number of pyridine rings is 1. The van der Waals surface area contributed by atoms with Gasteiger partial charge in [0.25, 0.3) is 11.8 Å². The van der Waals surface area contributed by atoms with Crippen LogP contribution in [0, 0.1) is 0 Å². The normalized spacial score (nSPS) is 14.5. The third kappa shape index (κ3) is 5.34. The SMILES string of the molecule is Nc1cc(C(=O)NC(CC(=O)O)c2cccs2)ccc1N1CCN(C(=O)c2cccnc2)CC1. The van der Waals surface area contributed by atoms with Crippen LogP contribution in [-0.2, 0) is 4.79 Å². The number of nitrogens with two attached hydrogens (primary N) is 1. The van der Waals surface area contributed by atoms with Gasteiger partial charge < -0.3 is 26.0 Å². The Morgan fingerprint density at radius 2 is 1.88 bits per heavy atom. The number of nitrogen functional groups attached to an aromatic ring is 1. The van der Waals surface area contributed by atoms with Gasteiger partial charge in [0.15, 0.2) is 0 Å². The van der Waals surface area contributed by atoms with Gasteiger partial charge in [0, 0.05) is 49.0 Å². The van der Waals surface area contributed by atoms with Gasteiger partial charge in [-0.3, -0.25) is 19.4 Å². The summed E-state index contributed by atoms with van der Waals surface area (Å²) in [4.78, 5) is 45.3. The molecule has 1 saturated heterocycles. The lowest BCUT2D eigenvalue weighted by molar-refractivity contribution is -0.137. The molecule has 0 bridgehead atoms. The minimum Gasteiger partial charge on any atom is -0.481 e. The first-order valence-corrected chi connectivity index (χ1v) is 11.7. The van der Waals surface area contributed by atoms with Crippen molar-refractivity contribution >= 4 is 40.5 Å². The number of hydrogen-bond acceptors (Lipinski definition) is 7. The fourth-order valence-electron chi connectivity index (χ4n) is 3.93. The quantitative estimate of drug-likeness (QED) is 0.444. The number of carbonyl (C=O) groups excluding carboxylic acids is 2. The van der Waals surface area contributed by atoms with Gasteiger partial charge in [-0.05, 0) is 41.8 Å². The van der Waals surface area contributed by atoms with Crippen LogP contribution in [0.4, 0.5) is 11.4 Å². The standard InChI is InChI=1S/C24H25N5O4S/c25-18-13-16(23(32)27-19(14-22(30)31)21-4-2-12-34-21)5-6-20(18)28-8-10-29(11-9-28)24(33)17-3-1-7-26-15-17/h1-7,12-13,15,19H,8-11,14,25H2,(H,27,32)(H,30,31). The van der Waals surface area contributed by atoms with Gasteiger partial charge in [0.1, 0.15) is 0 Å². The van der Waals surface area contributed by atoms with Crippen molar-refractivity contribution in [1.82, 2.24) is 15.2 Å². The molecular formula is C24H25N5O4S. The van der Waals surface area contributed by atoms with Gasteiger partial charge in [-0.25, -0.2) is 0 Å². The van der Waals surface area contributed by atoms with E-state index >= 15 is 0 Å². The Morgan fingerprint density at radius 3 is 2.50 bits per heavy atom. The van der Waals surface area contributed by atoms with E-state index in [4.69, 9.17) is 5.73 Å². The van der Waals surface area contributed by atoms with Gasteiger partial charge in [-0.15, -0.1) is 11.3 Å². The molecule has 1 aliphatic rings. The van der Waals surface area contributed by atoms with Gasteiger partial charge in [0.05, 0.1) is 29.4 Å². The number of thiophene rings is 1. The van der Waals surface area contributed by atoms with Gasteiger partial charge in [-0.2, -0.15) is 0 Å². The molecule has 2 amide bonds. The molecular weight excluding hydrogens is 454 g/mol. The molecule has 4 rings (SSSR count). The predicted molar refractivity (Wildman–Crippen MR) is 130 cm³/mol. The number of carbonyl (C=O) groups is 3. The van der Waals surface area contributed by atoms with Crippen LogP contribution in [-0.4, -0.2) is 59.0 Å². The van der Waals surface area contributed by atoms with E-state index in [1.165, 1.54) is 11.3 Å². The van der Waals surface area contributed by atoms with Crippen molar-refractivity contribution in [3.05, 3.63) is 76.2 Å². The molecule has 1 unspecified atom stereocenters. The second-order valence-corrected chi connectivity index (χ2v) is 8.91. The molecule has 0 aliphatic carbocycles. The number of rotatable bonds is 7. The van der Waals surface area contributed by atoms with Crippen molar-refractivity contribution in [3.8, 4) is 0 Å². The fraction of sp³-hybridized carbons (Fsp3) is 0.250. The van der Waals surface area contributed by atoms with E-state index in [0.717, 1.165) is 10.6 Å². The van der Waals surface area contributed by atoms with Crippen LogP contribution >= 0.6 is 11.3 Å². The summed E-state index contributed by atoms with van der Waals surface area (Å²) in [5, 5.41) is 13.8. The summed E-state index contributed by atoms with van der Waals surface area (Å²) in [6, 6.07) is 11.6. The number of carboxylic acid groups (broad SMARTS) is 1.